The number of nitrogens with zero attached hydrogens (tertiary/aromatic N) is 4. The number of aromatic nitrogens is 1. The number of halogens is 1. The Kier molecular flexibility index (Phi) is 9.99. The number of pyridine rings is 1. The Morgan fingerprint density at radius 1 is 1.37 bits per heavy atom. The van der Waals surface area contributed by atoms with Crippen LogP contribution in [-0.4, -0.2) is 66.0 Å². The molecule has 0 aromatic carbocycles. The van der Waals surface area contributed by atoms with Crippen LogP contribution in [0, 0.1) is 11.8 Å². The Bertz CT molecular complexity index is 723. The standard InChI is InChI=1S/C21H34N6OS.HI/c1-15(2)18-14-27(11-12-29-18)21(23-3)25-13-17-5-4-8-24-20(17)26-9-6-16(7-10-26)19(22)28;/h4-5,8,15-16,18H,6-7,9-14H2,1-3H3,(H2,22,28)(H,23,25);1H. The van der Waals surface area contributed by atoms with Gasteiger partial charge in [0.25, 0.3) is 0 Å². The molecule has 0 spiro atoms. The Morgan fingerprint density at radius 2 is 2.10 bits per heavy atom. The molecule has 30 heavy (non-hydrogen) atoms. The third kappa shape index (κ3) is 6.38. The van der Waals surface area contributed by atoms with Crippen molar-refractivity contribution in [1.82, 2.24) is 15.2 Å². The summed E-state index contributed by atoms with van der Waals surface area (Å²) in [7, 11) is 1.85. The molecule has 0 radical (unpaired) electrons. The maximum absolute atomic E-state index is 11.4. The molecule has 3 N–H and O–H groups in total. The van der Waals surface area contributed by atoms with E-state index in [1.807, 2.05) is 19.3 Å². The fraction of sp³-hybridized carbons (Fsp3) is 0.667. The van der Waals surface area contributed by atoms with Crippen molar-refractivity contribution in [2.45, 2.75) is 38.5 Å². The molecular weight excluding hydrogens is 511 g/mol. The molecule has 0 saturated carbocycles. The maximum atomic E-state index is 11.4. The molecule has 1 unspecified atom stereocenters. The maximum Gasteiger partial charge on any atom is 0.220 e. The lowest BCUT2D eigenvalue weighted by Gasteiger charge is -2.36. The molecule has 3 rings (SSSR count). The fourth-order valence-corrected chi connectivity index (χ4v) is 5.31. The van der Waals surface area contributed by atoms with Crippen LogP contribution in [0.5, 0.6) is 0 Å². The number of thioether (sulfide) groups is 1. The molecule has 2 fully saturated rings. The van der Waals surface area contributed by atoms with Gasteiger partial charge >= 0.3 is 0 Å². The second-order valence-electron chi connectivity index (χ2n) is 8.15. The highest BCUT2D eigenvalue weighted by atomic mass is 127. The number of anilines is 1. The van der Waals surface area contributed by atoms with E-state index < -0.39 is 0 Å². The minimum Gasteiger partial charge on any atom is -0.369 e. The summed E-state index contributed by atoms with van der Waals surface area (Å²) in [6, 6.07) is 4.09. The molecule has 2 saturated heterocycles. The number of carbonyl (C=O) groups is 1. The van der Waals surface area contributed by atoms with Crippen LogP contribution >= 0.6 is 35.7 Å². The van der Waals surface area contributed by atoms with E-state index in [-0.39, 0.29) is 35.8 Å². The number of nitrogens with one attached hydrogen (secondary N) is 1. The highest BCUT2D eigenvalue weighted by Gasteiger charge is 2.26. The van der Waals surface area contributed by atoms with Crippen molar-refractivity contribution in [3.8, 4) is 0 Å². The predicted octanol–water partition coefficient (Wildman–Crippen LogP) is 2.55. The Hall–Kier alpha value is -1.23. The summed E-state index contributed by atoms with van der Waals surface area (Å²) in [6.45, 7) is 8.94. The molecule has 1 aromatic rings. The van der Waals surface area contributed by atoms with Crippen LogP contribution in [0.1, 0.15) is 32.3 Å². The van der Waals surface area contributed by atoms with Crippen LogP contribution in [-0.2, 0) is 11.3 Å². The molecule has 2 aliphatic rings. The second kappa shape index (κ2) is 12.0. The van der Waals surface area contributed by atoms with E-state index in [4.69, 9.17) is 5.73 Å². The third-order valence-corrected chi connectivity index (χ3v) is 7.39. The first-order valence-corrected chi connectivity index (χ1v) is 11.6. The lowest BCUT2D eigenvalue weighted by molar-refractivity contribution is -0.122. The summed E-state index contributed by atoms with van der Waals surface area (Å²) in [5.41, 5.74) is 6.63. The monoisotopic (exact) mass is 546 g/mol. The Labute approximate surface area is 201 Å². The van der Waals surface area contributed by atoms with E-state index in [1.54, 1.807) is 0 Å². The first-order valence-electron chi connectivity index (χ1n) is 10.5. The Morgan fingerprint density at radius 3 is 2.73 bits per heavy atom. The molecular formula is C21H35IN6OS. The van der Waals surface area contributed by atoms with Gasteiger partial charge < -0.3 is 20.9 Å². The van der Waals surface area contributed by atoms with Gasteiger partial charge in [-0.05, 0) is 24.8 Å². The highest BCUT2D eigenvalue weighted by Crippen LogP contribution is 2.26. The minimum absolute atomic E-state index is 0. The van der Waals surface area contributed by atoms with Crippen molar-refractivity contribution in [3.05, 3.63) is 23.9 Å². The van der Waals surface area contributed by atoms with E-state index in [1.165, 1.54) is 0 Å². The van der Waals surface area contributed by atoms with Crippen molar-refractivity contribution in [2.24, 2.45) is 22.6 Å². The van der Waals surface area contributed by atoms with Crippen molar-refractivity contribution < 1.29 is 4.79 Å². The Balaban J connectivity index is 0.00000320. The van der Waals surface area contributed by atoms with Gasteiger partial charge in [0.1, 0.15) is 5.82 Å². The number of rotatable bonds is 5. The molecule has 7 nitrogen and oxygen atoms in total. The summed E-state index contributed by atoms with van der Waals surface area (Å²) >= 11 is 2.07. The molecule has 0 bridgehead atoms. The second-order valence-corrected chi connectivity index (χ2v) is 9.50. The number of amides is 1. The van der Waals surface area contributed by atoms with Gasteiger partial charge in [-0.15, -0.1) is 24.0 Å². The zero-order valence-corrected chi connectivity index (χ0v) is 21.4. The van der Waals surface area contributed by atoms with Gasteiger partial charge in [0.2, 0.25) is 5.91 Å². The first-order chi connectivity index (χ1) is 14.0. The van der Waals surface area contributed by atoms with Crippen LogP contribution in [0.2, 0.25) is 0 Å². The van der Waals surface area contributed by atoms with Crippen molar-refractivity contribution >= 4 is 53.4 Å². The number of hydrogen-bond donors (Lipinski definition) is 2. The van der Waals surface area contributed by atoms with E-state index in [0.717, 1.165) is 62.1 Å². The fourth-order valence-electron chi connectivity index (χ4n) is 4.01. The minimum atomic E-state index is -0.184. The summed E-state index contributed by atoms with van der Waals surface area (Å²) in [5, 5.41) is 4.19. The van der Waals surface area contributed by atoms with Gasteiger partial charge in [-0.2, -0.15) is 11.8 Å². The third-order valence-electron chi connectivity index (χ3n) is 5.85. The van der Waals surface area contributed by atoms with Gasteiger partial charge in [-0.3, -0.25) is 9.79 Å². The summed E-state index contributed by atoms with van der Waals surface area (Å²) in [6.07, 6.45) is 3.42. The van der Waals surface area contributed by atoms with Crippen molar-refractivity contribution in [1.29, 1.82) is 0 Å². The van der Waals surface area contributed by atoms with Gasteiger partial charge in [-0.1, -0.05) is 19.9 Å². The molecule has 3 heterocycles. The molecule has 9 heteroatoms. The first kappa shape index (κ1) is 25.0. The van der Waals surface area contributed by atoms with Gasteiger partial charge in [-0.25, -0.2) is 4.98 Å². The van der Waals surface area contributed by atoms with Gasteiger partial charge in [0, 0.05) is 68.5 Å². The molecule has 1 atom stereocenters. The molecule has 1 amide bonds. The van der Waals surface area contributed by atoms with E-state index in [2.05, 4.69) is 56.8 Å². The van der Waals surface area contributed by atoms with Crippen LogP contribution in [0.15, 0.2) is 23.3 Å². The predicted molar refractivity (Wildman–Crippen MR) is 137 cm³/mol. The van der Waals surface area contributed by atoms with Gasteiger partial charge in [0.05, 0.1) is 0 Å². The van der Waals surface area contributed by atoms with E-state index in [9.17, 15) is 4.79 Å². The number of primary amides is 1. The summed E-state index contributed by atoms with van der Waals surface area (Å²) in [4.78, 5) is 25.3. The summed E-state index contributed by atoms with van der Waals surface area (Å²) in [5.74, 6) is 3.55. The average molecular weight is 547 g/mol. The largest absolute Gasteiger partial charge is 0.369 e. The SMILES string of the molecule is CN=C(NCc1cccnc1N1CCC(C(N)=O)CC1)N1CCSC(C(C)C)C1.I. The van der Waals surface area contributed by atoms with Gasteiger partial charge in [0.15, 0.2) is 5.96 Å². The smallest absolute Gasteiger partial charge is 0.220 e. The molecule has 2 aliphatic heterocycles. The van der Waals surface area contributed by atoms with E-state index in [0.29, 0.717) is 17.7 Å². The van der Waals surface area contributed by atoms with Crippen LogP contribution in [0.3, 0.4) is 0 Å². The summed E-state index contributed by atoms with van der Waals surface area (Å²) < 4.78 is 0. The molecule has 168 valence electrons. The van der Waals surface area contributed by atoms with Crippen LogP contribution < -0.4 is 16.0 Å². The normalized spacial score (nSPS) is 20.8. The number of hydrogen-bond acceptors (Lipinski definition) is 5. The number of carbonyl (C=O) groups excluding carboxylic acids is 1. The number of nitrogens with two attached hydrogens (primary N) is 1. The number of aliphatic imine (C=N–C) groups is 1. The van der Waals surface area contributed by atoms with Crippen LogP contribution in [0.4, 0.5) is 5.82 Å². The highest BCUT2D eigenvalue weighted by molar-refractivity contribution is 14.0. The van der Waals surface area contributed by atoms with E-state index >= 15 is 0 Å². The zero-order chi connectivity index (χ0) is 20.8. The zero-order valence-electron chi connectivity index (χ0n) is 18.2. The lowest BCUT2D eigenvalue weighted by atomic mass is 9.96. The molecule has 1 aromatic heterocycles. The van der Waals surface area contributed by atoms with Crippen LogP contribution in [0.25, 0.3) is 0 Å². The quantitative estimate of drug-likeness (QED) is 0.336. The lowest BCUT2D eigenvalue weighted by Crippen LogP contribution is -2.49. The average Bonchev–Trinajstić information content (AvgIpc) is 2.75. The number of guanidine groups is 1. The number of piperidine rings is 1. The molecule has 0 aliphatic carbocycles. The topological polar surface area (TPSA) is 86.9 Å². The van der Waals surface area contributed by atoms with Crippen molar-refractivity contribution in [3.63, 3.8) is 0 Å². The van der Waals surface area contributed by atoms with Crippen molar-refractivity contribution in [2.75, 3.05) is 43.9 Å².